The summed E-state index contributed by atoms with van der Waals surface area (Å²) in [6, 6.07) is 0.510. The van der Waals surface area contributed by atoms with E-state index in [9.17, 15) is 9.59 Å². The van der Waals surface area contributed by atoms with Gasteiger partial charge >= 0.3 is 0 Å². The molecular weight excluding hydrogens is 218 g/mol. The van der Waals surface area contributed by atoms with Crippen molar-refractivity contribution >= 4 is 11.8 Å². The average molecular weight is 239 g/mol. The van der Waals surface area contributed by atoms with Crippen molar-refractivity contribution in [2.45, 2.75) is 44.7 Å². The second-order valence-electron chi connectivity index (χ2n) is 5.02. The molecule has 0 radical (unpaired) electrons. The number of carbonyl (C=O) groups is 2. The molecule has 17 heavy (non-hydrogen) atoms. The zero-order valence-corrected chi connectivity index (χ0v) is 10.4. The highest BCUT2D eigenvalue weighted by Crippen LogP contribution is 2.14. The van der Waals surface area contributed by atoms with Crippen molar-refractivity contribution in [3.05, 3.63) is 0 Å². The minimum atomic E-state index is -0.0123. The van der Waals surface area contributed by atoms with Crippen molar-refractivity contribution in [3.63, 3.8) is 0 Å². The minimum absolute atomic E-state index is 0.0123. The molecule has 2 N–H and O–H groups in total. The quantitative estimate of drug-likeness (QED) is 0.721. The van der Waals surface area contributed by atoms with Crippen LogP contribution in [0.1, 0.15) is 32.6 Å². The summed E-state index contributed by atoms with van der Waals surface area (Å²) in [7, 11) is 0. The van der Waals surface area contributed by atoms with Crippen LogP contribution in [0.5, 0.6) is 0 Å². The third-order valence-corrected chi connectivity index (χ3v) is 3.53. The largest absolute Gasteiger partial charge is 0.352 e. The van der Waals surface area contributed by atoms with Gasteiger partial charge in [-0.1, -0.05) is 0 Å². The van der Waals surface area contributed by atoms with E-state index in [1.165, 1.54) is 13.3 Å². The number of nitrogens with zero attached hydrogens (tertiary/aromatic N) is 1. The molecule has 0 spiro atoms. The smallest absolute Gasteiger partial charge is 0.224 e. The van der Waals surface area contributed by atoms with Gasteiger partial charge in [0.15, 0.2) is 0 Å². The summed E-state index contributed by atoms with van der Waals surface area (Å²) >= 11 is 0. The summed E-state index contributed by atoms with van der Waals surface area (Å²) in [4.78, 5) is 24.8. The molecule has 5 nitrogen and oxygen atoms in total. The lowest BCUT2D eigenvalue weighted by atomic mass is 10.1. The Balaban J connectivity index is 1.75. The van der Waals surface area contributed by atoms with Crippen molar-refractivity contribution in [3.8, 4) is 0 Å². The first-order chi connectivity index (χ1) is 8.15. The lowest BCUT2D eigenvalue weighted by Crippen LogP contribution is -2.39. The van der Waals surface area contributed by atoms with Crippen LogP contribution in [0.15, 0.2) is 0 Å². The Labute approximate surface area is 102 Å². The van der Waals surface area contributed by atoms with Gasteiger partial charge in [0.1, 0.15) is 0 Å². The first kappa shape index (κ1) is 12.4. The zero-order valence-electron chi connectivity index (χ0n) is 10.4. The predicted octanol–water partition coefficient (Wildman–Crippen LogP) is -0.134. The summed E-state index contributed by atoms with van der Waals surface area (Å²) in [6.45, 7) is 4.00. The number of hydrogen-bond donors (Lipinski definition) is 2. The van der Waals surface area contributed by atoms with Crippen LogP contribution >= 0.6 is 0 Å². The normalized spacial score (nSPS) is 28.4. The summed E-state index contributed by atoms with van der Waals surface area (Å²) in [5, 5.41) is 6.21. The Morgan fingerprint density at radius 1 is 1.41 bits per heavy atom. The van der Waals surface area contributed by atoms with E-state index in [0.29, 0.717) is 19.0 Å². The number of carbonyl (C=O) groups excluding carboxylic acids is 2. The van der Waals surface area contributed by atoms with Crippen LogP contribution in [0.3, 0.4) is 0 Å². The van der Waals surface area contributed by atoms with Gasteiger partial charge in [-0.25, -0.2) is 0 Å². The average Bonchev–Trinajstić information content (AvgIpc) is 2.87. The first-order valence-corrected chi connectivity index (χ1v) is 6.43. The molecule has 0 aromatic rings. The van der Waals surface area contributed by atoms with Crippen LogP contribution in [0.25, 0.3) is 0 Å². The van der Waals surface area contributed by atoms with Crippen molar-refractivity contribution < 1.29 is 9.59 Å². The number of nitrogens with one attached hydrogen (secondary N) is 2. The molecule has 0 aliphatic carbocycles. The molecule has 0 bridgehead atoms. The van der Waals surface area contributed by atoms with Gasteiger partial charge in [0.05, 0.1) is 0 Å². The summed E-state index contributed by atoms with van der Waals surface area (Å²) in [5.41, 5.74) is 0. The molecule has 0 saturated carbocycles. The number of likely N-dealkylation sites (tertiary alicyclic amines) is 1. The Morgan fingerprint density at radius 3 is 2.88 bits per heavy atom. The van der Waals surface area contributed by atoms with Crippen molar-refractivity contribution in [1.29, 1.82) is 0 Å². The van der Waals surface area contributed by atoms with Crippen LogP contribution < -0.4 is 10.6 Å². The molecule has 2 atom stereocenters. The Morgan fingerprint density at radius 2 is 2.24 bits per heavy atom. The van der Waals surface area contributed by atoms with E-state index in [0.717, 1.165) is 25.9 Å². The summed E-state index contributed by atoms with van der Waals surface area (Å²) < 4.78 is 0. The van der Waals surface area contributed by atoms with E-state index in [1.54, 1.807) is 0 Å². The lowest BCUT2D eigenvalue weighted by Gasteiger charge is -2.19. The molecule has 0 aromatic heterocycles. The Hall–Kier alpha value is -1.10. The Bertz CT molecular complexity index is 300. The zero-order chi connectivity index (χ0) is 12.3. The van der Waals surface area contributed by atoms with Gasteiger partial charge in [-0.2, -0.15) is 0 Å². The van der Waals surface area contributed by atoms with Gasteiger partial charge in [0, 0.05) is 38.5 Å². The highest BCUT2D eigenvalue weighted by Gasteiger charge is 2.28. The fourth-order valence-corrected chi connectivity index (χ4v) is 2.66. The summed E-state index contributed by atoms with van der Waals surface area (Å²) in [5.74, 6) is 0.207. The van der Waals surface area contributed by atoms with E-state index >= 15 is 0 Å². The second-order valence-corrected chi connectivity index (χ2v) is 5.02. The first-order valence-electron chi connectivity index (χ1n) is 6.43. The molecule has 0 aromatic carbocycles. The number of amides is 2. The molecule has 5 heteroatoms. The third kappa shape index (κ3) is 3.43. The maximum Gasteiger partial charge on any atom is 0.224 e. The summed E-state index contributed by atoms with van der Waals surface area (Å²) in [6.07, 6.45) is 3.76. The SMILES string of the molecule is CC(=O)NC1CCN(C(=O)CC2CCCN2)C1. The molecule has 2 aliphatic rings. The minimum Gasteiger partial charge on any atom is -0.352 e. The van der Waals surface area contributed by atoms with Gasteiger partial charge in [0.25, 0.3) is 0 Å². The molecule has 2 saturated heterocycles. The van der Waals surface area contributed by atoms with E-state index in [4.69, 9.17) is 0 Å². The van der Waals surface area contributed by atoms with Crippen molar-refractivity contribution in [2.75, 3.05) is 19.6 Å². The second kappa shape index (κ2) is 5.49. The highest BCUT2D eigenvalue weighted by molar-refractivity contribution is 5.78. The monoisotopic (exact) mass is 239 g/mol. The molecule has 2 rings (SSSR count). The van der Waals surface area contributed by atoms with Crippen LogP contribution in [-0.4, -0.2) is 48.4 Å². The molecule has 2 amide bonds. The molecule has 2 fully saturated rings. The fourth-order valence-electron chi connectivity index (χ4n) is 2.66. The van der Waals surface area contributed by atoms with Crippen LogP contribution in [0.2, 0.25) is 0 Å². The van der Waals surface area contributed by atoms with E-state index in [1.807, 2.05) is 4.90 Å². The van der Waals surface area contributed by atoms with Crippen molar-refractivity contribution in [2.24, 2.45) is 0 Å². The third-order valence-electron chi connectivity index (χ3n) is 3.53. The molecular formula is C12H21N3O2. The standard InChI is InChI=1S/C12H21N3O2/c1-9(16)14-11-4-6-15(8-11)12(17)7-10-3-2-5-13-10/h10-11,13H,2-8H2,1H3,(H,14,16). The van der Waals surface area contributed by atoms with Crippen LogP contribution in [0.4, 0.5) is 0 Å². The molecule has 96 valence electrons. The van der Waals surface area contributed by atoms with Gasteiger partial charge in [-0.15, -0.1) is 0 Å². The maximum atomic E-state index is 12.0. The molecule has 2 heterocycles. The van der Waals surface area contributed by atoms with Gasteiger partial charge < -0.3 is 15.5 Å². The van der Waals surface area contributed by atoms with Crippen LogP contribution in [0, 0.1) is 0 Å². The maximum absolute atomic E-state index is 12.0. The van der Waals surface area contributed by atoms with Crippen LogP contribution in [-0.2, 0) is 9.59 Å². The van der Waals surface area contributed by atoms with E-state index in [-0.39, 0.29) is 17.9 Å². The Kier molecular flexibility index (Phi) is 3.99. The highest BCUT2D eigenvalue weighted by atomic mass is 16.2. The van der Waals surface area contributed by atoms with Gasteiger partial charge in [0.2, 0.25) is 11.8 Å². The molecule has 2 unspecified atom stereocenters. The number of rotatable bonds is 3. The van der Waals surface area contributed by atoms with Gasteiger partial charge in [-0.3, -0.25) is 9.59 Å². The fraction of sp³-hybridized carbons (Fsp3) is 0.833. The van der Waals surface area contributed by atoms with Crippen molar-refractivity contribution in [1.82, 2.24) is 15.5 Å². The lowest BCUT2D eigenvalue weighted by molar-refractivity contribution is -0.131. The predicted molar refractivity (Wildman–Crippen MR) is 64.4 cm³/mol. The number of hydrogen-bond acceptors (Lipinski definition) is 3. The molecule has 2 aliphatic heterocycles. The van der Waals surface area contributed by atoms with E-state index < -0.39 is 0 Å². The van der Waals surface area contributed by atoms with Gasteiger partial charge in [-0.05, 0) is 25.8 Å². The van der Waals surface area contributed by atoms with E-state index in [2.05, 4.69) is 10.6 Å². The topological polar surface area (TPSA) is 61.4 Å².